The molecule has 104 valence electrons. The van der Waals surface area contributed by atoms with E-state index >= 15 is 0 Å². The number of rotatable bonds is 5. The molecular formula is C14H19FN2O2. The minimum absolute atomic E-state index is 0.319. The van der Waals surface area contributed by atoms with Crippen LogP contribution in [0.5, 0.6) is 0 Å². The minimum Gasteiger partial charge on any atom is -0.378 e. The summed E-state index contributed by atoms with van der Waals surface area (Å²) >= 11 is 0. The maximum absolute atomic E-state index is 14.2. The first-order valence-corrected chi connectivity index (χ1v) is 6.65. The molecule has 0 saturated heterocycles. The monoisotopic (exact) mass is 266 g/mol. The van der Waals surface area contributed by atoms with Crippen LogP contribution < -0.4 is 10.2 Å². The highest BCUT2D eigenvalue weighted by atomic mass is 19.1. The van der Waals surface area contributed by atoms with Crippen molar-refractivity contribution in [3.8, 4) is 0 Å². The molecule has 0 bridgehead atoms. The standard InChI is InChI=1S/C14H19FN2O2/c1-3-5-17(6-4-2)12-8-11-9(7-10(12)15)13(18)14(19)16-11/h7-8,13,18H,3-6H2,1-2H3,(H,16,19). The molecular weight excluding hydrogens is 247 g/mol. The van der Waals surface area contributed by atoms with Crippen LogP contribution >= 0.6 is 0 Å². The van der Waals surface area contributed by atoms with Crippen molar-refractivity contribution in [2.24, 2.45) is 0 Å². The summed E-state index contributed by atoms with van der Waals surface area (Å²) < 4.78 is 14.2. The van der Waals surface area contributed by atoms with Gasteiger partial charge in [0.2, 0.25) is 0 Å². The second kappa shape index (κ2) is 5.57. The fraction of sp³-hybridized carbons (Fsp3) is 0.500. The summed E-state index contributed by atoms with van der Waals surface area (Å²) in [5, 5.41) is 12.2. The molecule has 1 aliphatic heterocycles. The van der Waals surface area contributed by atoms with E-state index in [1.807, 2.05) is 18.7 Å². The van der Waals surface area contributed by atoms with Gasteiger partial charge in [0, 0.05) is 24.3 Å². The van der Waals surface area contributed by atoms with Gasteiger partial charge in [0.05, 0.1) is 5.69 Å². The predicted octanol–water partition coefficient (Wildman–Crippen LogP) is 2.44. The van der Waals surface area contributed by atoms with Crippen molar-refractivity contribution in [1.82, 2.24) is 0 Å². The Bertz CT molecular complexity index is 485. The van der Waals surface area contributed by atoms with Gasteiger partial charge >= 0.3 is 0 Å². The number of benzene rings is 1. The molecule has 1 aliphatic rings. The van der Waals surface area contributed by atoms with E-state index < -0.39 is 17.8 Å². The summed E-state index contributed by atoms with van der Waals surface area (Å²) in [4.78, 5) is 13.3. The van der Waals surface area contributed by atoms with Gasteiger partial charge in [-0.25, -0.2) is 4.39 Å². The Morgan fingerprint density at radius 3 is 2.53 bits per heavy atom. The van der Waals surface area contributed by atoms with Crippen LogP contribution in [0.4, 0.5) is 15.8 Å². The Kier molecular flexibility index (Phi) is 4.04. The molecule has 0 aromatic heterocycles. The summed E-state index contributed by atoms with van der Waals surface area (Å²) in [5.41, 5.74) is 1.31. The summed E-state index contributed by atoms with van der Waals surface area (Å²) in [7, 11) is 0. The van der Waals surface area contributed by atoms with Crippen LogP contribution in [0.15, 0.2) is 12.1 Å². The third-order valence-corrected chi connectivity index (χ3v) is 3.25. The molecule has 0 fully saturated rings. The minimum atomic E-state index is -1.26. The largest absolute Gasteiger partial charge is 0.378 e. The molecule has 4 nitrogen and oxygen atoms in total. The molecule has 1 unspecified atom stereocenters. The van der Waals surface area contributed by atoms with Crippen LogP contribution in [-0.2, 0) is 4.79 Å². The quantitative estimate of drug-likeness (QED) is 0.860. The average molecular weight is 266 g/mol. The lowest BCUT2D eigenvalue weighted by atomic mass is 10.1. The number of halogens is 1. The van der Waals surface area contributed by atoms with Gasteiger partial charge in [0.25, 0.3) is 5.91 Å². The van der Waals surface area contributed by atoms with E-state index in [4.69, 9.17) is 0 Å². The summed E-state index contributed by atoms with van der Waals surface area (Å²) in [5.74, 6) is -0.889. The number of nitrogens with one attached hydrogen (secondary N) is 1. The maximum atomic E-state index is 14.2. The van der Waals surface area contributed by atoms with E-state index in [1.54, 1.807) is 6.07 Å². The average Bonchev–Trinajstić information content (AvgIpc) is 2.64. The van der Waals surface area contributed by atoms with Crippen LogP contribution in [0.25, 0.3) is 0 Å². The lowest BCUT2D eigenvalue weighted by Crippen LogP contribution is -2.26. The molecule has 0 radical (unpaired) electrons. The van der Waals surface area contributed by atoms with Gasteiger partial charge in [-0.3, -0.25) is 4.79 Å². The molecule has 1 aromatic carbocycles. The highest BCUT2D eigenvalue weighted by molar-refractivity contribution is 6.02. The molecule has 1 atom stereocenters. The maximum Gasteiger partial charge on any atom is 0.257 e. The Morgan fingerprint density at radius 1 is 1.32 bits per heavy atom. The SMILES string of the molecule is CCCN(CCC)c1cc2c(cc1F)C(O)C(=O)N2. The molecule has 1 aromatic rings. The fourth-order valence-corrected chi connectivity index (χ4v) is 2.39. The van der Waals surface area contributed by atoms with Gasteiger partial charge in [0.15, 0.2) is 6.10 Å². The molecule has 5 heteroatoms. The van der Waals surface area contributed by atoms with Crippen LogP contribution in [-0.4, -0.2) is 24.1 Å². The number of aliphatic hydroxyl groups excluding tert-OH is 1. The van der Waals surface area contributed by atoms with Crippen LogP contribution in [0.1, 0.15) is 38.4 Å². The molecule has 1 amide bonds. The van der Waals surface area contributed by atoms with Gasteiger partial charge < -0.3 is 15.3 Å². The molecule has 0 saturated carbocycles. The van der Waals surface area contributed by atoms with E-state index in [0.717, 1.165) is 25.9 Å². The van der Waals surface area contributed by atoms with Gasteiger partial charge in [-0.05, 0) is 25.0 Å². The van der Waals surface area contributed by atoms with Gasteiger partial charge in [-0.1, -0.05) is 13.8 Å². The smallest absolute Gasteiger partial charge is 0.257 e. The van der Waals surface area contributed by atoms with Crippen molar-refractivity contribution >= 4 is 17.3 Å². The number of carbonyl (C=O) groups excluding carboxylic acids is 1. The Labute approximate surface area is 112 Å². The molecule has 0 spiro atoms. The summed E-state index contributed by atoms with van der Waals surface area (Å²) in [6.45, 7) is 5.61. The number of carbonyl (C=O) groups is 1. The highest BCUT2D eigenvalue weighted by Crippen LogP contribution is 2.36. The van der Waals surface area contributed by atoms with E-state index in [2.05, 4.69) is 5.32 Å². The number of hydrogen-bond donors (Lipinski definition) is 2. The summed E-state index contributed by atoms with van der Waals surface area (Å²) in [6, 6.07) is 2.87. The number of aliphatic hydroxyl groups is 1. The van der Waals surface area contributed by atoms with E-state index in [0.29, 0.717) is 16.9 Å². The topological polar surface area (TPSA) is 52.6 Å². The van der Waals surface area contributed by atoms with Crippen molar-refractivity contribution in [1.29, 1.82) is 0 Å². The zero-order chi connectivity index (χ0) is 14.0. The Morgan fingerprint density at radius 2 is 1.95 bits per heavy atom. The number of anilines is 2. The van der Waals surface area contributed by atoms with Crippen LogP contribution in [0, 0.1) is 5.82 Å². The summed E-state index contributed by atoms with van der Waals surface area (Å²) in [6.07, 6.45) is 0.584. The van der Waals surface area contributed by atoms with Crippen LogP contribution in [0.3, 0.4) is 0 Å². The van der Waals surface area contributed by atoms with Crippen molar-refractivity contribution in [3.05, 3.63) is 23.5 Å². The van der Waals surface area contributed by atoms with E-state index in [9.17, 15) is 14.3 Å². The molecule has 0 aliphatic carbocycles. The first kappa shape index (κ1) is 13.8. The molecule has 1 heterocycles. The van der Waals surface area contributed by atoms with E-state index in [-0.39, 0.29) is 0 Å². The third kappa shape index (κ3) is 2.56. The molecule has 2 rings (SSSR count). The fourth-order valence-electron chi connectivity index (χ4n) is 2.39. The molecule has 19 heavy (non-hydrogen) atoms. The normalized spacial score (nSPS) is 17.3. The zero-order valence-corrected chi connectivity index (χ0v) is 11.2. The van der Waals surface area contributed by atoms with Crippen molar-refractivity contribution in [2.45, 2.75) is 32.8 Å². The van der Waals surface area contributed by atoms with Crippen LogP contribution in [0.2, 0.25) is 0 Å². The second-order valence-electron chi connectivity index (χ2n) is 4.77. The number of hydrogen-bond acceptors (Lipinski definition) is 3. The predicted molar refractivity (Wildman–Crippen MR) is 72.8 cm³/mol. The third-order valence-electron chi connectivity index (χ3n) is 3.25. The first-order valence-electron chi connectivity index (χ1n) is 6.65. The lowest BCUT2D eigenvalue weighted by Gasteiger charge is -2.25. The van der Waals surface area contributed by atoms with Crippen molar-refractivity contribution < 1.29 is 14.3 Å². The Hall–Kier alpha value is -1.62. The second-order valence-corrected chi connectivity index (χ2v) is 4.77. The zero-order valence-electron chi connectivity index (χ0n) is 11.2. The van der Waals surface area contributed by atoms with Gasteiger partial charge in [-0.15, -0.1) is 0 Å². The lowest BCUT2D eigenvalue weighted by molar-refractivity contribution is -0.123. The Balaban J connectivity index is 2.37. The number of fused-ring (bicyclic) bond motifs is 1. The number of amides is 1. The number of nitrogens with zero attached hydrogens (tertiary/aromatic N) is 1. The van der Waals surface area contributed by atoms with Crippen molar-refractivity contribution in [2.75, 3.05) is 23.3 Å². The van der Waals surface area contributed by atoms with E-state index in [1.165, 1.54) is 6.07 Å². The van der Waals surface area contributed by atoms with Gasteiger partial charge in [-0.2, -0.15) is 0 Å². The highest BCUT2D eigenvalue weighted by Gasteiger charge is 2.30. The van der Waals surface area contributed by atoms with Crippen molar-refractivity contribution in [3.63, 3.8) is 0 Å². The molecule has 2 N–H and O–H groups in total. The first-order chi connectivity index (χ1) is 9.08. The van der Waals surface area contributed by atoms with Gasteiger partial charge in [0.1, 0.15) is 5.82 Å².